The first-order chi connectivity index (χ1) is 11.8. The fourth-order valence-electron chi connectivity index (χ4n) is 3.23. The molecule has 1 fully saturated rings. The number of benzene rings is 1. The number of aromatic hydroxyl groups is 1. The van der Waals surface area contributed by atoms with Crippen LogP contribution in [0.3, 0.4) is 0 Å². The molecule has 7 heteroatoms. The predicted molar refractivity (Wildman–Crippen MR) is 91.4 cm³/mol. The Morgan fingerprint density at radius 3 is 2.56 bits per heavy atom. The van der Waals surface area contributed by atoms with Gasteiger partial charge in [-0.15, -0.1) is 0 Å². The third kappa shape index (κ3) is 4.71. The minimum Gasteiger partial charge on any atom is -0.507 e. The quantitative estimate of drug-likeness (QED) is 0.862. The summed E-state index contributed by atoms with van der Waals surface area (Å²) in [6, 6.07) is 4.75. The highest BCUT2D eigenvalue weighted by Crippen LogP contribution is 2.23. The molecular weight excluding hydrogens is 324 g/mol. The van der Waals surface area contributed by atoms with Crippen LogP contribution in [-0.4, -0.2) is 63.5 Å². The van der Waals surface area contributed by atoms with Gasteiger partial charge >= 0.3 is 5.97 Å². The number of carbonyl (C=O) groups excluding carboxylic acids is 2. The van der Waals surface area contributed by atoms with Gasteiger partial charge in [-0.1, -0.05) is 6.07 Å². The van der Waals surface area contributed by atoms with Crippen LogP contribution in [0.1, 0.15) is 42.1 Å². The molecule has 1 atom stereocenters. The molecule has 1 aliphatic heterocycles. The van der Waals surface area contributed by atoms with Crippen LogP contribution in [-0.2, 0) is 9.59 Å². The van der Waals surface area contributed by atoms with Gasteiger partial charge in [0.1, 0.15) is 12.3 Å². The zero-order valence-corrected chi connectivity index (χ0v) is 14.6. The maximum absolute atomic E-state index is 12.7. The van der Waals surface area contributed by atoms with Gasteiger partial charge in [-0.05, 0) is 43.9 Å². The molecule has 2 amide bonds. The highest BCUT2D eigenvalue weighted by Gasteiger charge is 2.28. The molecule has 1 heterocycles. The van der Waals surface area contributed by atoms with Gasteiger partial charge in [0.05, 0.1) is 5.56 Å². The molecule has 2 N–H and O–H groups in total. The minimum atomic E-state index is -1.04. The number of amides is 2. The third-order valence-corrected chi connectivity index (χ3v) is 4.52. The first-order valence-corrected chi connectivity index (χ1v) is 8.37. The average Bonchev–Trinajstić information content (AvgIpc) is 2.77. The zero-order chi connectivity index (χ0) is 18.6. The number of aliphatic carboxylic acids is 1. The van der Waals surface area contributed by atoms with E-state index in [0.717, 1.165) is 5.56 Å². The second-order valence-corrected chi connectivity index (χ2v) is 6.44. The highest BCUT2D eigenvalue weighted by atomic mass is 16.4. The molecule has 0 spiro atoms. The van der Waals surface area contributed by atoms with Crippen molar-refractivity contribution in [2.45, 2.75) is 39.2 Å². The molecule has 7 nitrogen and oxygen atoms in total. The summed E-state index contributed by atoms with van der Waals surface area (Å²) >= 11 is 0. The lowest BCUT2D eigenvalue weighted by molar-refractivity contribution is -0.145. The summed E-state index contributed by atoms with van der Waals surface area (Å²) < 4.78 is 0. The standard InChI is InChI=1S/C18H24N2O5/c1-12-5-6-15(16(22)10-12)18(25)19-8-3-4-14(7-9-19)20(13(2)21)11-17(23)24/h5-6,10,14,22H,3-4,7-9,11H2,1-2H3,(H,23,24). The average molecular weight is 348 g/mol. The Hall–Kier alpha value is -2.57. The van der Waals surface area contributed by atoms with Crippen LogP contribution in [0, 0.1) is 6.92 Å². The molecule has 1 aliphatic rings. The number of hydrogen-bond donors (Lipinski definition) is 2. The van der Waals surface area contributed by atoms with Gasteiger partial charge in [0.15, 0.2) is 0 Å². The van der Waals surface area contributed by atoms with Gasteiger partial charge < -0.3 is 20.0 Å². The van der Waals surface area contributed by atoms with Crippen LogP contribution in [0.2, 0.25) is 0 Å². The SMILES string of the molecule is CC(=O)N(CC(=O)O)C1CCCN(C(=O)c2ccc(C)cc2O)CC1. The van der Waals surface area contributed by atoms with E-state index in [-0.39, 0.29) is 35.7 Å². The molecule has 25 heavy (non-hydrogen) atoms. The number of carboxylic acids is 1. The summed E-state index contributed by atoms with van der Waals surface area (Å²) in [5, 5.41) is 19.0. The number of hydrogen-bond acceptors (Lipinski definition) is 4. The van der Waals surface area contributed by atoms with Gasteiger partial charge in [0.2, 0.25) is 5.91 Å². The molecule has 1 aromatic carbocycles. The lowest BCUT2D eigenvalue weighted by atomic mass is 10.1. The Morgan fingerprint density at radius 2 is 1.96 bits per heavy atom. The Labute approximate surface area is 146 Å². The first kappa shape index (κ1) is 18.8. The molecule has 1 unspecified atom stereocenters. The van der Waals surface area contributed by atoms with Crippen molar-refractivity contribution >= 4 is 17.8 Å². The van der Waals surface area contributed by atoms with Crippen LogP contribution in [0.15, 0.2) is 18.2 Å². The molecule has 0 saturated carbocycles. The molecule has 0 aliphatic carbocycles. The van der Waals surface area contributed by atoms with Crippen molar-refractivity contribution in [3.05, 3.63) is 29.3 Å². The van der Waals surface area contributed by atoms with E-state index in [1.165, 1.54) is 11.8 Å². The maximum atomic E-state index is 12.7. The number of phenols is 1. The fraction of sp³-hybridized carbons (Fsp3) is 0.500. The summed E-state index contributed by atoms with van der Waals surface area (Å²) in [6.45, 7) is 3.80. The third-order valence-electron chi connectivity index (χ3n) is 4.52. The number of aryl methyl sites for hydroxylation is 1. The second kappa shape index (κ2) is 8.00. The molecule has 0 aromatic heterocycles. The summed E-state index contributed by atoms with van der Waals surface area (Å²) in [5.41, 5.74) is 1.13. The normalized spacial score (nSPS) is 17.7. The van der Waals surface area contributed by atoms with E-state index in [1.807, 2.05) is 6.92 Å². The van der Waals surface area contributed by atoms with E-state index in [9.17, 15) is 19.5 Å². The van der Waals surface area contributed by atoms with Crippen molar-refractivity contribution in [1.29, 1.82) is 0 Å². The van der Waals surface area contributed by atoms with Gasteiger partial charge in [-0.2, -0.15) is 0 Å². The van der Waals surface area contributed by atoms with Crippen molar-refractivity contribution in [2.75, 3.05) is 19.6 Å². The number of rotatable bonds is 4. The highest BCUT2D eigenvalue weighted by molar-refractivity contribution is 5.97. The lowest BCUT2D eigenvalue weighted by Crippen LogP contribution is -2.43. The molecule has 0 bridgehead atoms. The minimum absolute atomic E-state index is 0.0398. The molecule has 1 saturated heterocycles. The van der Waals surface area contributed by atoms with Crippen molar-refractivity contribution in [2.24, 2.45) is 0 Å². The number of carboxylic acid groups (broad SMARTS) is 1. The summed E-state index contributed by atoms with van der Waals surface area (Å²) in [6.07, 6.45) is 1.84. The van der Waals surface area contributed by atoms with Crippen LogP contribution >= 0.6 is 0 Å². The first-order valence-electron chi connectivity index (χ1n) is 8.37. The number of nitrogens with zero attached hydrogens (tertiary/aromatic N) is 2. The van der Waals surface area contributed by atoms with E-state index in [2.05, 4.69) is 0 Å². The van der Waals surface area contributed by atoms with E-state index >= 15 is 0 Å². The Bertz CT molecular complexity index is 673. The monoisotopic (exact) mass is 348 g/mol. The topological polar surface area (TPSA) is 98.2 Å². The maximum Gasteiger partial charge on any atom is 0.323 e. The molecule has 136 valence electrons. The lowest BCUT2D eigenvalue weighted by Gasteiger charge is -2.29. The van der Waals surface area contributed by atoms with E-state index < -0.39 is 5.97 Å². The van der Waals surface area contributed by atoms with Gasteiger partial charge in [0.25, 0.3) is 5.91 Å². The number of carbonyl (C=O) groups is 3. The van der Waals surface area contributed by atoms with Crippen molar-refractivity contribution in [1.82, 2.24) is 9.80 Å². The Balaban J connectivity index is 2.08. The molecule has 2 rings (SSSR count). The summed E-state index contributed by atoms with van der Waals surface area (Å²) in [7, 11) is 0. The summed E-state index contributed by atoms with van der Waals surface area (Å²) in [4.78, 5) is 38.4. The predicted octanol–water partition coefficient (Wildman–Crippen LogP) is 1.63. The van der Waals surface area contributed by atoms with E-state index in [4.69, 9.17) is 5.11 Å². The zero-order valence-electron chi connectivity index (χ0n) is 14.6. The number of phenolic OH excluding ortho intramolecular Hbond substituents is 1. The van der Waals surface area contributed by atoms with Crippen LogP contribution in [0.4, 0.5) is 0 Å². The van der Waals surface area contributed by atoms with E-state index in [1.54, 1.807) is 23.1 Å². The largest absolute Gasteiger partial charge is 0.507 e. The van der Waals surface area contributed by atoms with Crippen molar-refractivity contribution in [3.63, 3.8) is 0 Å². The molecule has 1 aromatic rings. The van der Waals surface area contributed by atoms with Gasteiger partial charge in [-0.3, -0.25) is 14.4 Å². The van der Waals surface area contributed by atoms with Gasteiger partial charge in [0, 0.05) is 26.1 Å². The Kier molecular flexibility index (Phi) is 6.01. The van der Waals surface area contributed by atoms with E-state index in [0.29, 0.717) is 32.4 Å². The second-order valence-electron chi connectivity index (χ2n) is 6.44. The smallest absolute Gasteiger partial charge is 0.323 e. The van der Waals surface area contributed by atoms with Crippen LogP contribution in [0.5, 0.6) is 5.75 Å². The van der Waals surface area contributed by atoms with Crippen LogP contribution < -0.4 is 0 Å². The van der Waals surface area contributed by atoms with Crippen molar-refractivity contribution < 1.29 is 24.6 Å². The van der Waals surface area contributed by atoms with Crippen molar-refractivity contribution in [3.8, 4) is 5.75 Å². The summed E-state index contributed by atoms with van der Waals surface area (Å²) in [5.74, 6) is -1.60. The molecule has 0 radical (unpaired) electrons. The fourth-order valence-corrected chi connectivity index (χ4v) is 3.23. The number of likely N-dealkylation sites (tertiary alicyclic amines) is 1. The molecular formula is C18H24N2O5. The van der Waals surface area contributed by atoms with Crippen LogP contribution in [0.25, 0.3) is 0 Å². The van der Waals surface area contributed by atoms with Gasteiger partial charge in [-0.25, -0.2) is 0 Å². The Morgan fingerprint density at radius 1 is 1.24 bits per heavy atom.